The number of rotatable bonds is 13. The number of ether oxygens (including phenoxy) is 2. The van der Waals surface area contributed by atoms with E-state index >= 15 is 0 Å². The summed E-state index contributed by atoms with van der Waals surface area (Å²) in [6.07, 6.45) is 5.38. The zero-order valence-electron chi connectivity index (χ0n) is 24.2. The van der Waals surface area contributed by atoms with Gasteiger partial charge in [0.05, 0.1) is 12.0 Å². The number of carbonyl (C=O) groups excluding carboxylic acids is 1. The first-order valence-corrected chi connectivity index (χ1v) is 14.8. The van der Waals surface area contributed by atoms with Gasteiger partial charge in [-0.25, -0.2) is 0 Å². The number of hydrogen-bond donors (Lipinski definition) is 0. The molecule has 1 aliphatic heterocycles. The highest BCUT2D eigenvalue weighted by atomic mass is 35.5. The van der Waals surface area contributed by atoms with Crippen molar-refractivity contribution in [2.75, 3.05) is 33.4 Å². The topological polar surface area (TPSA) is 77.7 Å². The third kappa shape index (κ3) is 7.71. The lowest BCUT2D eigenvalue weighted by molar-refractivity contribution is -0.159. The summed E-state index contributed by atoms with van der Waals surface area (Å²) in [6.45, 7) is 9.97. The van der Waals surface area contributed by atoms with E-state index in [1.54, 1.807) is 7.11 Å². The highest BCUT2D eigenvalue weighted by Gasteiger charge is 2.42. The van der Waals surface area contributed by atoms with Crippen LogP contribution in [0.3, 0.4) is 0 Å². The van der Waals surface area contributed by atoms with Crippen molar-refractivity contribution in [3.05, 3.63) is 58.6 Å². The minimum Gasteiger partial charge on any atom is -0.466 e. The molecule has 0 spiro atoms. The normalized spacial score (nSPS) is 15.4. The van der Waals surface area contributed by atoms with Crippen molar-refractivity contribution in [2.24, 2.45) is 11.3 Å². The lowest BCUT2D eigenvalue weighted by atomic mass is 9.74. The Morgan fingerprint density at radius 2 is 1.82 bits per heavy atom. The fraction of sp³-hybridized carbons (Fsp3) is 0.531. The number of nitrogens with zero attached hydrogens (tertiary/aromatic N) is 3. The number of aromatic nitrogens is 2. The van der Waals surface area contributed by atoms with Gasteiger partial charge in [-0.05, 0) is 81.3 Å². The Hall–Kier alpha value is -2.74. The van der Waals surface area contributed by atoms with E-state index in [4.69, 9.17) is 25.6 Å². The van der Waals surface area contributed by atoms with Gasteiger partial charge in [-0.2, -0.15) is 4.98 Å². The van der Waals surface area contributed by atoms with E-state index in [-0.39, 0.29) is 11.4 Å². The zero-order chi connectivity index (χ0) is 28.5. The third-order valence-electron chi connectivity index (χ3n) is 7.75. The van der Waals surface area contributed by atoms with Crippen LogP contribution in [0.25, 0.3) is 22.8 Å². The van der Waals surface area contributed by atoms with E-state index in [0.717, 1.165) is 86.5 Å². The summed E-state index contributed by atoms with van der Waals surface area (Å²) >= 11 is 6.50. The summed E-state index contributed by atoms with van der Waals surface area (Å²) in [5, 5.41) is 4.92. The van der Waals surface area contributed by atoms with E-state index in [2.05, 4.69) is 41.0 Å². The minimum atomic E-state index is -0.376. The number of likely N-dealkylation sites (tertiary alicyclic amines) is 1. The quantitative estimate of drug-likeness (QED) is 0.159. The van der Waals surface area contributed by atoms with Crippen LogP contribution in [0.15, 0.2) is 47.0 Å². The SMILES string of the molecule is CCOC(=O)C1(CCCCOC)CCN(Cc2ccc(-c3noc(-c4ccc(CC(C)C)c(Cl)c4)n3)cc2)CC1. The van der Waals surface area contributed by atoms with Crippen LogP contribution in [-0.2, 0) is 27.2 Å². The summed E-state index contributed by atoms with van der Waals surface area (Å²) < 4.78 is 16.2. The molecule has 2 heterocycles. The van der Waals surface area contributed by atoms with Crippen molar-refractivity contribution < 1.29 is 18.8 Å². The number of unbranched alkanes of at least 4 members (excludes halogenated alkanes) is 1. The van der Waals surface area contributed by atoms with Gasteiger partial charge in [-0.1, -0.05) is 67.4 Å². The average molecular weight is 568 g/mol. The van der Waals surface area contributed by atoms with Crippen molar-refractivity contribution in [1.29, 1.82) is 0 Å². The molecule has 0 N–H and O–H groups in total. The first kappa shape index (κ1) is 30.2. The van der Waals surface area contributed by atoms with Crippen LogP contribution >= 0.6 is 11.6 Å². The minimum absolute atomic E-state index is 0.0373. The van der Waals surface area contributed by atoms with Crippen molar-refractivity contribution in [1.82, 2.24) is 15.0 Å². The number of methoxy groups -OCH3 is 1. The first-order valence-electron chi connectivity index (χ1n) is 14.4. The molecule has 0 bridgehead atoms. The molecule has 216 valence electrons. The smallest absolute Gasteiger partial charge is 0.312 e. The molecule has 0 amide bonds. The van der Waals surface area contributed by atoms with Gasteiger partial charge < -0.3 is 14.0 Å². The molecule has 40 heavy (non-hydrogen) atoms. The predicted octanol–water partition coefficient (Wildman–Crippen LogP) is 7.22. The lowest BCUT2D eigenvalue weighted by Gasteiger charge is -2.40. The molecule has 0 atom stereocenters. The molecule has 1 fully saturated rings. The molecular weight excluding hydrogens is 526 g/mol. The van der Waals surface area contributed by atoms with Crippen LogP contribution in [0.1, 0.15) is 64.0 Å². The fourth-order valence-corrected chi connectivity index (χ4v) is 5.71. The molecule has 7 nitrogen and oxygen atoms in total. The highest BCUT2D eigenvalue weighted by Crippen LogP contribution is 2.38. The summed E-state index contributed by atoms with van der Waals surface area (Å²) in [5.41, 5.74) is 3.68. The fourth-order valence-electron chi connectivity index (χ4n) is 5.45. The number of halogens is 1. The van der Waals surface area contributed by atoms with Crippen LogP contribution < -0.4 is 0 Å². The summed E-state index contributed by atoms with van der Waals surface area (Å²) in [5.74, 6) is 1.50. The van der Waals surface area contributed by atoms with Gasteiger partial charge in [0.15, 0.2) is 0 Å². The van der Waals surface area contributed by atoms with Gasteiger partial charge in [0.25, 0.3) is 5.89 Å². The third-order valence-corrected chi connectivity index (χ3v) is 8.10. The molecule has 1 aliphatic rings. The second kappa shape index (κ2) is 14.2. The molecule has 2 aromatic carbocycles. The van der Waals surface area contributed by atoms with Crippen molar-refractivity contribution >= 4 is 17.6 Å². The molecule has 1 saturated heterocycles. The van der Waals surface area contributed by atoms with E-state index in [0.29, 0.717) is 24.2 Å². The zero-order valence-corrected chi connectivity index (χ0v) is 25.0. The summed E-state index contributed by atoms with van der Waals surface area (Å²) in [7, 11) is 1.72. The van der Waals surface area contributed by atoms with E-state index in [1.165, 1.54) is 5.56 Å². The second-order valence-corrected chi connectivity index (χ2v) is 11.7. The Morgan fingerprint density at radius 1 is 1.10 bits per heavy atom. The maximum Gasteiger partial charge on any atom is 0.312 e. The first-order chi connectivity index (χ1) is 19.3. The molecule has 8 heteroatoms. The second-order valence-electron chi connectivity index (χ2n) is 11.3. The molecule has 1 aromatic heterocycles. The van der Waals surface area contributed by atoms with Crippen molar-refractivity contribution in [3.63, 3.8) is 0 Å². The van der Waals surface area contributed by atoms with Crippen molar-refractivity contribution in [2.45, 2.75) is 65.8 Å². The Balaban J connectivity index is 1.35. The number of carbonyl (C=O) groups is 1. The van der Waals surface area contributed by atoms with E-state index in [1.807, 2.05) is 37.3 Å². The lowest BCUT2D eigenvalue weighted by Crippen LogP contribution is -2.45. The molecule has 0 aliphatic carbocycles. The molecule has 0 unspecified atom stereocenters. The maximum atomic E-state index is 12.9. The Kier molecular flexibility index (Phi) is 10.8. The number of hydrogen-bond acceptors (Lipinski definition) is 7. The van der Waals surface area contributed by atoms with Crippen LogP contribution in [0, 0.1) is 11.3 Å². The van der Waals surface area contributed by atoms with Crippen LogP contribution in [0.4, 0.5) is 0 Å². The predicted molar refractivity (Wildman–Crippen MR) is 158 cm³/mol. The Bertz CT molecular complexity index is 1230. The largest absolute Gasteiger partial charge is 0.466 e. The van der Waals surface area contributed by atoms with E-state index < -0.39 is 0 Å². The van der Waals surface area contributed by atoms with Gasteiger partial charge in [0.1, 0.15) is 0 Å². The van der Waals surface area contributed by atoms with Crippen molar-refractivity contribution in [3.8, 4) is 22.8 Å². The maximum absolute atomic E-state index is 12.9. The number of piperidine rings is 1. The Morgan fingerprint density at radius 3 is 2.48 bits per heavy atom. The highest BCUT2D eigenvalue weighted by molar-refractivity contribution is 6.31. The summed E-state index contributed by atoms with van der Waals surface area (Å²) in [4.78, 5) is 19.9. The van der Waals surface area contributed by atoms with Gasteiger partial charge in [0, 0.05) is 36.4 Å². The monoisotopic (exact) mass is 567 g/mol. The average Bonchev–Trinajstić information content (AvgIpc) is 3.44. The molecule has 0 saturated carbocycles. The molecule has 3 aromatic rings. The van der Waals surface area contributed by atoms with Gasteiger partial charge in [-0.15, -0.1) is 0 Å². The molecule has 4 rings (SSSR count). The van der Waals surface area contributed by atoms with Gasteiger partial charge in [0.2, 0.25) is 5.82 Å². The standard InChI is InChI=1S/C32H42ClN3O4/c1-5-39-31(37)32(14-6-7-19-38-4)15-17-36(18-16-32)22-24-8-10-25(11-9-24)29-34-30(40-35-29)27-13-12-26(20-23(2)3)28(33)21-27/h8-13,21,23H,5-7,14-20,22H2,1-4H3. The van der Waals surface area contributed by atoms with Gasteiger partial charge in [-0.3, -0.25) is 9.69 Å². The number of esters is 1. The van der Waals surface area contributed by atoms with E-state index in [9.17, 15) is 4.79 Å². The van der Waals surface area contributed by atoms with Crippen LogP contribution in [0.2, 0.25) is 5.02 Å². The van der Waals surface area contributed by atoms with Crippen LogP contribution in [-0.4, -0.2) is 54.4 Å². The Labute approximate surface area is 243 Å². The number of benzene rings is 2. The van der Waals surface area contributed by atoms with Gasteiger partial charge >= 0.3 is 5.97 Å². The van der Waals surface area contributed by atoms with Crippen LogP contribution in [0.5, 0.6) is 0 Å². The molecular formula is C32H42ClN3O4. The molecule has 0 radical (unpaired) electrons. The summed E-state index contributed by atoms with van der Waals surface area (Å²) in [6, 6.07) is 14.2.